The topological polar surface area (TPSA) is 21.3 Å². The summed E-state index contributed by atoms with van der Waals surface area (Å²) in [6.45, 7) is 7.51. The van der Waals surface area contributed by atoms with Crippen molar-refractivity contribution >= 4 is 16.5 Å². The summed E-state index contributed by atoms with van der Waals surface area (Å²) in [5.41, 5.74) is 1.28. The molecule has 2 aromatic carbocycles. The highest BCUT2D eigenvalue weighted by Gasteiger charge is 2.30. The summed E-state index contributed by atoms with van der Waals surface area (Å²) in [6, 6.07) is 12.6. The van der Waals surface area contributed by atoms with Crippen molar-refractivity contribution in [2.75, 3.05) is 11.9 Å². The van der Waals surface area contributed by atoms with Gasteiger partial charge in [0.1, 0.15) is 11.9 Å². The van der Waals surface area contributed by atoms with Crippen molar-refractivity contribution in [3.63, 3.8) is 0 Å². The molecular weight excluding hydrogens is 222 g/mol. The minimum absolute atomic E-state index is 0.149. The van der Waals surface area contributed by atoms with E-state index in [1.807, 2.05) is 0 Å². The lowest BCUT2D eigenvalue weighted by Gasteiger charge is -2.36. The molecule has 0 saturated carbocycles. The van der Waals surface area contributed by atoms with Gasteiger partial charge >= 0.3 is 0 Å². The molecule has 1 aliphatic heterocycles. The summed E-state index contributed by atoms with van der Waals surface area (Å²) in [5, 5.41) is 6.03. The van der Waals surface area contributed by atoms with Crippen LogP contribution in [-0.2, 0) is 0 Å². The van der Waals surface area contributed by atoms with Gasteiger partial charge in [0, 0.05) is 10.8 Å². The first-order chi connectivity index (χ1) is 8.55. The second-order valence-electron chi connectivity index (χ2n) is 6.01. The van der Waals surface area contributed by atoms with Crippen molar-refractivity contribution in [1.82, 2.24) is 0 Å². The standard InChI is InChI=1S/C16H19NO/c1-16(2,3)14-10-17-15-12-7-5-4-6-11(12)8-9-13(15)18-14/h4-9,14,17H,10H2,1-3H3. The molecule has 1 atom stereocenters. The number of hydrogen-bond donors (Lipinski definition) is 1. The molecule has 1 aliphatic rings. The van der Waals surface area contributed by atoms with Crippen LogP contribution in [0.1, 0.15) is 20.8 Å². The van der Waals surface area contributed by atoms with E-state index in [0.29, 0.717) is 0 Å². The summed E-state index contributed by atoms with van der Waals surface area (Å²) < 4.78 is 6.14. The number of nitrogens with one attached hydrogen (secondary N) is 1. The fraction of sp³-hybridized carbons (Fsp3) is 0.375. The lowest BCUT2D eigenvalue weighted by Crippen LogP contribution is -2.41. The Labute approximate surface area is 108 Å². The molecule has 0 aromatic heterocycles. The first-order valence-corrected chi connectivity index (χ1v) is 6.48. The van der Waals surface area contributed by atoms with Gasteiger partial charge in [-0.2, -0.15) is 0 Å². The summed E-state index contributed by atoms with van der Waals surface area (Å²) >= 11 is 0. The average Bonchev–Trinajstić information content (AvgIpc) is 2.37. The quantitative estimate of drug-likeness (QED) is 0.751. The molecule has 0 fully saturated rings. The Morgan fingerprint density at radius 2 is 1.89 bits per heavy atom. The van der Waals surface area contributed by atoms with Gasteiger partial charge < -0.3 is 10.1 Å². The lowest BCUT2D eigenvalue weighted by molar-refractivity contribution is 0.0925. The summed E-state index contributed by atoms with van der Waals surface area (Å²) in [4.78, 5) is 0. The normalized spacial score (nSPS) is 18.9. The molecule has 1 heterocycles. The monoisotopic (exact) mass is 241 g/mol. The van der Waals surface area contributed by atoms with Crippen LogP contribution >= 0.6 is 0 Å². The summed E-state index contributed by atoms with van der Waals surface area (Å²) in [6.07, 6.45) is 0.214. The Hall–Kier alpha value is -1.70. The Balaban J connectivity index is 2.06. The minimum Gasteiger partial charge on any atom is -0.486 e. The third-order valence-corrected chi connectivity index (χ3v) is 3.59. The highest BCUT2D eigenvalue weighted by molar-refractivity contribution is 5.97. The summed E-state index contributed by atoms with van der Waals surface area (Å²) in [5.74, 6) is 0.972. The van der Waals surface area contributed by atoms with Crippen molar-refractivity contribution in [1.29, 1.82) is 0 Å². The molecule has 1 N–H and O–H groups in total. The number of ether oxygens (including phenoxy) is 1. The van der Waals surface area contributed by atoms with E-state index >= 15 is 0 Å². The number of benzene rings is 2. The number of anilines is 1. The molecule has 0 spiro atoms. The second-order valence-corrected chi connectivity index (χ2v) is 6.01. The predicted molar refractivity (Wildman–Crippen MR) is 76.3 cm³/mol. The van der Waals surface area contributed by atoms with Gasteiger partial charge in [-0.15, -0.1) is 0 Å². The largest absolute Gasteiger partial charge is 0.486 e. The zero-order chi connectivity index (χ0) is 12.8. The fourth-order valence-corrected chi connectivity index (χ4v) is 2.40. The van der Waals surface area contributed by atoms with Gasteiger partial charge in [0.15, 0.2) is 0 Å². The van der Waals surface area contributed by atoms with Gasteiger partial charge in [-0.25, -0.2) is 0 Å². The molecule has 0 radical (unpaired) electrons. The average molecular weight is 241 g/mol. The molecule has 0 aliphatic carbocycles. The summed E-state index contributed by atoms with van der Waals surface area (Å²) in [7, 11) is 0. The van der Waals surface area contributed by atoms with E-state index < -0.39 is 0 Å². The Morgan fingerprint density at radius 1 is 1.11 bits per heavy atom. The highest BCUT2D eigenvalue weighted by atomic mass is 16.5. The van der Waals surface area contributed by atoms with E-state index in [9.17, 15) is 0 Å². The molecule has 0 saturated heterocycles. The zero-order valence-corrected chi connectivity index (χ0v) is 11.2. The Morgan fingerprint density at radius 3 is 2.67 bits per heavy atom. The van der Waals surface area contributed by atoms with E-state index in [1.54, 1.807) is 0 Å². The molecule has 18 heavy (non-hydrogen) atoms. The second kappa shape index (κ2) is 3.91. The molecular formula is C16H19NO. The third-order valence-electron chi connectivity index (χ3n) is 3.59. The molecule has 2 aromatic rings. The molecule has 94 valence electrons. The van der Waals surface area contributed by atoms with Gasteiger partial charge in [-0.05, 0) is 11.5 Å². The predicted octanol–water partition coefficient (Wildman–Crippen LogP) is 4.06. The molecule has 0 amide bonds. The molecule has 2 heteroatoms. The van der Waals surface area contributed by atoms with Gasteiger partial charge in [0.2, 0.25) is 0 Å². The zero-order valence-electron chi connectivity index (χ0n) is 11.2. The van der Waals surface area contributed by atoms with Crippen LogP contribution in [0.4, 0.5) is 5.69 Å². The fourth-order valence-electron chi connectivity index (χ4n) is 2.40. The van der Waals surface area contributed by atoms with Crippen molar-refractivity contribution < 1.29 is 4.74 Å². The van der Waals surface area contributed by atoms with Crippen LogP contribution in [-0.4, -0.2) is 12.6 Å². The molecule has 0 bridgehead atoms. The maximum absolute atomic E-state index is 6.14. The maximum Gasteiger partial charge on any atom is 0.143 e. The Bertz CT molecular complexity index is 583. The van der Waals surface area contributed by atoms with Crippen molar-refractivity contribution in [2.45, 2.75) is 26.9 Å². The highest BCUT2D eigenvalue weighted by Crippen LogP contribution is 2.39. The maximum atomic E-state index is 6.14. The van der Waals surface area contributed by atoms with Crippen molar-refractivity contribution in [3.05, 3.63) is 36.4 Å². The van der Waals surface area contributed by atoms with E-state index in [1.165, 1.54) is 10.8 Å². The lowest BCUT2D eigenvalue weighted by atomic mass is 9.88. The Kier molecular flexibility index (Phi) is 2.47. The van der Waals surface area contributed by atoms with E-state index in [-0.39, 0.29) is 11.5 Å². The van der Waals surface area contributed by atoms with Crippen LogP contribution in [0.2, 0.25) is 0 Å². The third kappa shape index (κ3) is 1.82. The van der Waals surface area contributed by atoms with Crippen LogP contribution in [0.25, 0.3) is 10.8 Å². The first kappa shape index (κ1) is 11.4. The van der Waals surface area contributed by atoms with Crippen molar-refractivity contribution in [2.24, 2.45) is 5.41 Å². The molecule has 2 nitrogen and oxygen atoms in total. The number of rotatable bonds is 0. The first-order valence-electron chi connectivity index (χ1n) is 6.48. The van der Waals surface area contributed by atoms with Crippen LogP contribution < -0.4 is 10.1 Å². The van der Waals surface area contributed by atoms with Crippen molar-refractivity contribution in [3.8, 4) is 5.75 Å². The molecule has 3 rings (SSSR count). The van der Waals surface area contributed by atoms with Gasteiger partial charge in [-0.3, -0.25) is 0 Å². The van der Waals surface area contributed by atoms with Crippen LogP contribution in [0.5, 0.6) is 5.75 Å². The van der Waals surface area contributed by atoms with Gasteiger partial charge in [0.05, 0.1) is 12.2 Å². The van der Waals surface area contributed by atoms with E-state index in [0.717, 1.165) is 18.0 Å². The van der Waals surface area contributed by atoms with Gasteiger partial charge in [-0.1, -0.05) is 51.1 Å². The SMILES string of the molecule is CC(C)(C)C1CNc2c(ccc3ccccc23)O1. The van der Waals surface area contributed by atoms with E-state index in [2.05, 4.69) is 62.5 Å². The van der Waals surface area contributed by atoms with Crippen LogP contribution in [0.15, 0.2) is 36.4 Å². The van der Waals surface area contributed by atoms with Crippen LogP contribution in [0, 0.1) is 5.41 Å². The van der Waals surface area contributed by atoms with E-state index in [4.69, 9.17) is 4.74 Å². The number of hydrogen-bond acceptors (Lipinski definition) is 2. The minimum atomic E-state index is 0.149. The smallest absolute Gasteiger partial charge is 0.143 e. The number of fused-ring (bicyclic) bond motifs is 3. The van der Waals surface area contributed by atoms with Crippen LogP contribution in [0.3, 0.4) is 0 Å². The van der Waals surface area contributed by atoms with Gasteiger partial charge in [0.25, 0.3) is 0 Å². The molecule has 1 unspecified atom stereocenters.